The Bertz CT molecular complexity index is 716. The Morgan fingerprint density at radius 2 is 1.93 bits per heavy atom. The second-order valence-electron chi connectivity index (χ2n) is 8.55. The molecule has 0 spiro atoms. The molecule has 5 unspecified atom stereocenters. The van der Waals surface area contributed by atoms with Gasteiger partial charge in [-0.15, -0.1) is 0 Å². The average Bonchev–Trinajstić information content (AvgIpc) is 3.02. The van der Waals surface area contributed by atoms with Crippen LogP contribution in [0.15, 0.2) is 16.2 Å². The van der Waals surface area contributed by atoms with Gasteiger partial charge >= 0.3 is 6.18 Å². The lowest BCUT2D eigenvalue weighted by molar-refractivity contribution is -0.155. The van der Waals surface area contributed by atoms with E-state index in [1.165, 1.54) is 0 Å². The Labute approximate surface area is 161 Å². The minimum absolute atomic E-state index is 0.00408. The van der Waals surface area contributed by atoms with Crippen molar-refractivity contribution in [2.24, 2.45) is 22.9 Å². The van der Waals surface area contributed by atoms with E-state index in [9.17, 15) is 18.0 Å². The van der Waals surface area contributed by atoms with Crippen molar-refractivity contribution in [3.63, 3.8) is 0 Å². The zero-order valence-corrected chi connectivity index (χ0v) is 15.5. The lowest BCUT2D eigenvalue weighted by Gasteiger charge is -2.46. The molecule has 6 nitrogen and oxygen atoms in total. The van der Waals surface area contributed by atoms with Gasteiger partial charge in [0.1, 0.15) is 0 Å². The van der Waals surface area contributed by atoms with Crippen molar-refractivity contribution < 1.29 is 22.7 Å². The molecule has 2 saturated carbocycles. The van der Waals surface area contributed by atoms with Crippen LogP contribution in [0.2, 0.25) is 0 Å². The molecule has 2 N–H and O–H groups in total. The van der Waals surface area contributed by atoms with E-state index in [1.54, 1.807) is 5.01 Å². The van der Waals surface area contributed by atoms with Gasteiger partial charge < -0.3 is 10.2 Å². The summed E-state index contributed by atoms with van der Waals surface area (Å²) in [5, 5.41) is 5.63. The number of rotatable bonds is 1. The Hall–Kier alpha value is -1.61. The van der Waals surface area contributed by atoms with Gasteiger partial charge in [-0.05, 0) is 55.9 Å². The first-order chi connectivity index (χ1) is 13.4. The van der Waals surface area contributed by atoms with Crippen LogP contribution in [0, 0.1) is 17.8 Å². The van der Waals surface area contributed by atoms with E-state index in [4.69, 9.17) is 4.74 Å². The molecule has 1 amide bonds. The van der Waals surface area contributed by atoms with Gasteiger partial charge in [-0.25, -0.2) is 5.43 Å². The van der Waals surface area contributed by atoms with E-state index in [2.05, 4.69) is 16.0 Å². The number of carbonyl (C=O) groups is 1. The third-order valence-corrected chi connectivity index (χ3v) is 7.24. The maximum Gasteiger partial charge on any atom is 0.417 e. The zero-order chi connectivity index (χ0) is 19.5. The minimum Gasteiger partial charge on any atom is -0.381 e. The summed E-state index contributed by atoms with van der Waals surface area (Å²) in [4.78, 5) is 13.3. The normalized spacial score (nSPS) is 38.8. The van der Waals surface area contributed by atoms with Crippen LogP contribution in [0.4, 0.5) is 13.2 Å². The Morgan fingerprint density at radius 1 is 1.14 bits per heavy atom. The van der Waals surface area contributed by atoms with Crippen molar-refractivity contribution in [1.29, 1.82) is 0 Å². The molecule has 0 bridgehead atoms. The monoisotopic (exact) mass is 398 g/mol. The van der Waals surface area contributed by atoms with Crippen LogP contribution < -0.4 is 10.9 Å². The molecular formula is C19H25F3N4O2. The fourth-order valence-electron chi connectivity index (χ4n) is 6.02. The van der Waals surface area contributed by atoms with Crippen LogP contribution in [0.5, 0.6) is 0 Å². The number of alkyl halides is 3. The summed E-state index contributed by atoms with van der Waals surface area (Å²) in [7, 11) is 0. The lowest BCUT2D eigenvalue weighted by Crippen LogP contribution is -2.64. The lowest BCUT2D eigenvalue weighted by atomic mass is 9.77. The SMILES string of the molecule is O=C1C2CCC3=C(C(F)(F)F)C=NNC3C3CCC(NN1C1CCOCC1)C23. The molecule has 4 fully saturated rings. The summed E-state index contributed by atoms with van der Waals surface area (Å²) >= 11 is 0. The molecule has 3 aliphatic heterocycles. The summed E-state index contributed by atoms with van der Waals surface area (Å²) in [5.74, 6) is -0.123. The number of halogens is 3. The number of amides is 1. The molecule has 0 aromatic heterocycles. The van der Waals surface area contributed by atoms with Gasteiger partial charge in [0, 0.05) is 25.2 Å². The van der Waals surface area contributed by atoms with Gasteiger partial charge in [-0.3, -0.25) is 9.80 Å². The molecular weight excluding hydrogens is 373 g/mol. The van der Waals surface area contributed by atoms with Gasteiger partial charge in [-0.2, -0.15) is 18.3 Å². The summed E-state index contributed by atoms with van der Waals surface area (Å²) in [5.41, 5.74) is 6.17. The second-order valence-corrected chi connectivity index (χ2v) is 8.55. The predicted octanol–water partition coefficient (Wildman–Crippen LogP) is 2.13. The first-order valence-electron chi connectivity index (χ1n) is 10.2. The maximum atomic E-state index is 13.6. The molecule has 0 aromatic rings. The number of carbonyl (C=O) groups excluding carboxylic acids is 1. The predicted molar refractivity (Wildman–Crippen MR) is 95.0 cm³/mol. The van der Waals surface area contributed by atoms with Gasteiger partial charge in [-0.1, -0.05) is 0 Å². The quantitative estimate of drug-likeness (QED) is 0.710. The number of nitrogens with one attached hydrogen (secondary N) is 2. The highest BCUT2D eigenvalue weighted by atomic mass is 19.4. The summed E-state index contributed by atoms with van der Waals surface area (Å²) < 4.78 is 46.1. The molecule has 28 heavy (non-hydrogen) atoms. The number of ether oxygens (including phenoxy) is 1. The largest absolute Gasteiger partial charge is 0.417 e. The fourth-order valence-corrected chi connectivity index (χ4v) is 6.02. The molecule has 0 radical (unpaired) electrons. The van der Waals surface area contributed by atoms with Crippen molar-refractivity contribution in [2.45, 2.75) is 62.8 Å². The molecule has 5 rings (SSSR count). The van der Waals surface area contributed by atoms with E-state index in [0.717, 1.165) is 31.9 Å². The smallest absolute Gasteiger partial charge is 0.381 e. The van der Waals surface area contributed by atoms with Gasteiger partial charge in [0.05, 0.1) is 23.9 Å². The molecule has 9 heteroatoms. The number of hydrazine groups is 1. The van der Waals surface area contributed by atoms with Gasteiger partial charge in [0.15, 0.2) is 0 Å². The average molecular weight is 398 g/mol. The summed E-state index contributed by atoms with van der Waals surface area (Å²) in [6.07, 6.45) is 0.520. The van der Waals surface area contributed by atoms with Crippen molar-refractivity contribution >= 4 is 12.1 Å². The highest BCUT2D eigenvalue weighted by Crippen LogP contribution is 2.50. The van der Waals surface area contributed by atoms with Crippen LogP contribution in [-0.2, 0) is 9.53 Å². The fraction of sp³-hybridized carbons (Fsp3) is 0.789. The number of hydrazone groups is 1. The molecule has 3 heterocycles. The highest BCUT2D eigenvalue weighted by Gasteiger charge is 2.55. The van der Waals surface area contributed by atoms with Crippen LogP contribution in [0.1, 0.15) is 38.5 Å². The van der Waals surface area contributed by atoms with Crippen LogP contribution in [0.25, 0.3) is 0 Å². The Kier molecular flexibility index (Phi) is 4.42. The van der Waals surface area contributed by atoms with Crippen molar-refractivity contribution in [2.75, 3.05) is 13.2 Å². The highest BCUT2D eigenvalue weighted by molar-refractivity contribution is 5.83. The second kappa shape index (κ2) is 6.73. The number of hydrogen-bond donors (Lipinski definition) is 2. The standard InChI is InChI=1S/C19H25F3N4O2/c20-19(21,22)14-9-23-24-17-11(14)1-2-13-16-12(17)3-4-15(16)25-26(18(13)27)10-5-7-28-8-6-10/h9-10,12-13,15-17,24-25H,1-8H2. The molecule has 5 aliphatic rings. The van der Waals surface area contributed by atoms with Crippen LogP contribution >= 0.6 is 0 Å². The molecule has 0 aromatic carbocycles. The van der Waals surface area contributed by atoms with Crippen molar-refractivity contribution in [1.82, 2.24) is 15.9 Å². The van der Waals surface area contributed by atoms with E-state index in [0.29, 0.717) is 25.2 Å². The van der Waals surface area contributed by atoms with E-state index < -0.39 is 17.8 Å². The minimum atomic E-state index is -4.41. The molecule has 2 saturated heterocycles. The number of allylic oxidation sites excluding steroid dienone is 1. The van der Waals surface area contributed by atoms with Crippen LogP contribution in [0.3, 0.4) is 0 Å². The third kappa shape index (κ3) is 2.85. The number of hydrogen-bond acceptors (Lipinski definition) is 5. The van der Waals surface area contributed by atoms with Gasteiger partial charge in [0.25, 0.3) is 0 Å². The van der Waals surface area contributed by atoms with Crippen molar-refractivity contribution in [3.05, 3.63) is 11.1 Å². The first-order valence-corrected chi connectivity index (χ1v) is 10.2. The van der Waals surface area contributed by atoms with Crippen LogP contribution in [-0.4, -0.2) is 54.6 Å². The third-order valence-electron chi connectivity index (χ3n) is 7.24. The zero-order valence-electron chi connectivity index (χ0n) is 15.5. The first kappa shape index (κ1) is 18.4. The van der Waals surface area contributed by atoms with Crippen molar-refractivity contribution in [3.8, 4) is 0 Å². The molecule has 5 atom stereocenters. The Morgan fingerprint density at radius 3 is 2.68 bits per heavy atom. The summed E-state index contributed by atoms with van der Waals surface area (Å²) in [6, 6.07) is -0.180. The molecule has 154 valence electrons. The maximum absolute atomic E-state index is 13.6. The summed E-state index contributed by atoms with van der Waals surface area (Å²) in [6.45, 7) is 1.28. The van der Waals surface area contributed by atoms with E-state index in [1.807, 2.05) is 0 Å². The molecule has 2 aliphatic carbocycles. The topological polar surface area (TPSA) is 66.0 Å². The van der Waals surface area contributed by atoms with E-state index in [-0.39, 0.29) is 42.2 Å². The Balaban J connectivity index is 1.47. The van der Waals surface area contributed by atoms with Gasteiger partial charge in [0.2, 0.25) is 5.91 Å². The van der Waals surface area contributed by atoms with E-state index >= 15 is 0 Å². The number of fused-ring (bicyclic) bond motifs is 2. The number of nitrogens with zero attached hydrogens (tertiary/aromatic N) is 2.